The van der Waals surface area contributed by atoms with Crippen molar-refractivity contribution in [1.29, 1.82) is 0 Å². The fourth-order valence-electron chi connectivity index (χ4n) is 2.97. The first-order chi connectivity index (χ1) is 8.63. The van der Waals surface area contributed by atoms with E-state index in [1.807, 2.05) is 6.07 Å². The van der Waals surface area contributed by atoms with Crippen molar-refractivity contribution in [3.8, 4) is 5.75 Å². The van der Waals surface area contributed by atoms with E-state index in [4.69, 9.17) is 4.74 Å². The predicted molar refractivity (Wildman–Crippen MR) is 76.1 cm³/mol. The van der Waals surface area contributed by atoms with E-state index in [0.29, 0.717) is 0 Å². The zero-order valence-electron chi connectivity index (χ0n) is 11.9. The number of hydrogen-bond donors (Lipinski definition) is 0. The lowest BCUT2D eigenvalue weighted by atomic mass is 9.92. The molecule has 0 aromatic heterocycles. The number of piperidine rings is 1. The summed E-state index contributed by atoms with van der Waals surface area (Å²) in [7, 11) is 0. The molecule has 0 amide bonds. The van der Waals surface area contributed by atoms with Crippen LogP contribution in [0.3, 0.4) is 0 Å². The molecule has 0 radical (unpaired) electrons. The lowest BCUT2D eigenvalue weighted by Gasteiger charge is -2.34. The van der Waals surface area contributed by atoms with Gasteiger partial charge in [0.1, 0.15) is 12.4 Å². The predicted octanol–water partition coefficient (Wildman–Crippen LogP) is 3.35. The van der Waals surface area contributed by atoms with Crippen LogP contribution in [0.4, 0.5) is 0 Å². The molecule has 0 N–H and O–H groups in total. The third-order valence-corrected chi connectivity index (χ3v) is 3.61. The topological polar surface area (TPSA) is 12.5 Å². The van der Waals surface area contributed by atoms with Gasteiger partial charge in [0.2, 0.25) is 0 Å². The van der Waals surface area contributed by atoms with Gasteiger partial charge >= 0.3 is 0 Å². The van der Waals surface area contributed by atoms with E-state index >= 15 is 0 Å². The van der Waals surface area contributed by atoms with E-state index in [-0.39, 0.29) is 0 Å². The summed E-state index contributed by atoms with van der Waals surface area (Å²) in [5, 5.41) is 0. The Morgan fingerprint density at radius 1 is 1.22 bits per heavy atom. The fourth-order valence-corrected chi connectivity index (χ4v) is 2.97. The zero-order chi connectivity index (χ0) is 13.0. The van der Waals surface area contributed by atoms with E-state index in [2.05, 4.69) is 43.9 Å². The maximum absolute atomic E-state index is 5.82. The number of aryl methyl sites for hydroxylation is 1. The number of ether oxygens (including phenoxy) is 1. The van der Waals surface area contributed by atoms with Crippen molar-refractivity contribution >= 4 is 0 Å². The average Bonchev–Trinajstić information content (AvgIpc) is 2.27. The van der Waals surface area contributed by atoms with Crippen LogP contribution < -0.4 is 4.74 Å². The Kier molecular flexibility index (Phi) is 4.65. The van der Waals surface area contributed by atoms with Gasteiger partial charge in [-0.05, 0) is 42.9 Å². The quantitative estimate of drug-likeness (QED) is 0.809. The number of likely N-dealkylation sites (tertiary alicyclic amines) is 1. The number of hydrogen-bond acceptors (Lipinski definition) is 2. The Labute approximate surface area is 111 Å². The summed E-state index contributed by atoms with van der Waals surface area (Å²) >= 11 is 0. The molecule has 2 rings (SSSR count). The molecule has 0 unspecified atom stereocenters. The van der Waals surface area contributed by atoms with Gasteiger partial charge in [-0.1, -0.05) is 26.0 Å². The summed E-state index contributed by atoms with van der Waals surface area (Å²) in [5.74, 6) is 2.65. The Morgan fingerprint density at radius 2 is 1.94 bits per heavy atom. The Hall–Kier alpha value is -1.02. The third-order valence-electron chi connectivity index (χ3n) is 3.61. The Bertz CT molecular complexity index is 367. The van der Waals surface area contributed by atoms with Gasteiger partial charge < -0.3 is 4.74 Å². The SMILES string of the molecule is Cc1cccc(OCCN2C[C@H](C)C[C@H](C)C2)c1. The van der Waals surface area contributed by atoms with Gasteiger partial charge in [0, 0.05) is 19.6 Å². The maximum atomic E-state index is 5.82. The molecule has 2 atom stereocenters. The molecule has 2 nitrogen and oxygen atoms in total. The van der Waals surface area contributed by atoms with Gasteiger partial charge in [-0.25, -0.2) is 0 Å². The smallest absolute Gasteiger partial charge is 0.119 e. The van der Waals surface area contributed by atoms with Crippen LogP contribution in [0.1, 0.15) is 25.8 Å². The van der Waals surface area contributed by atoms with Crippen LogP contribution in [0.15, 0.2) is 24.3 Å². The first-order valence-corrected chi connectivity index (χ1v) is 7.05. The van der Waals surface area contributed by atoms with Crippen LogP contribution in [0, 0.1) is 18.8 Å². The summed E-state index contributed by atoms with van der Waals surface area (Å²) in [6.45, 7) is 11.1. The number of nitrogens with zero attached hydrogens (tertiary/aromatic N) is 1. The molecule has 1 fully saturated rings. The molecule has 2 heteroatoms. The van der Waals surface area contributed by atoms with Gasteiger partial charge in [-0.2, -0.15) is 0 Å². The van der Waals surface area contributed by atoms with Crippen LogP contribution in [0.25, 0.3) is 0 Å². The van der Waals surface area contributed by atoms with Crippen LogP contribution in [0.2, 0.25) is 0 Å². The van der Waals surface area contributed by atoms with Crippen molar-refractivity contribution in [3.05, 3.63) is 29.8 Å². The highest BCUT2D eigenvalue weighted by Crippen LogP contribution is 2.20. The summed E-state index contributed by atoms with van der Waals surface area (Å²) in [6, 6.07) is 8.28. The van der Waals surface area contributed by atoms with Gasteiger partial charge in [0.25, 0.3) is 0 Å². The Balaban J connectivity index is 1.75. The molecule has 1 aromatic rings. The van der Waals surface area contributed by atoms with Crippen LogP contribution in [-0.4, -0.2) is 31.1 Å². The minimum Gasteiger partial charge on any atom is -0.492 e. The lowest BCUT2D eigenvalue weighted by molar-refractivity contribution is 0.120. The molecule has 100 valence electrons. The van der Waals surface area contributed by atoms with Gasteiger partial charge in [-0.15, -0.1) is 0 Å². The number of rotatable bonds is 4. The minimum atomic E-state index is 0.795. The van der Waals surface area contributed by atoms with Gasteiger partial charge in [0.05, 0.1) is 0 Å². The van der Waals surface area contributed by atoms with Crippen molar-refractivity contribution in [3.63, 3.8) is 0 Å². The fraction of sp³-hybridized carbons (Fsp3) is 0.625. The molecule has 0 bridgehead atoms. The summed E-state index contributed by atoms with van der Waals surface area (Å²) < 4.78 is 5.82. The second kappa shape index (κ2) is 6.24. The molecule has 1 aliphatic heterocycles. The van der Waals surface area contributed by atoms with E-state index < -0.39 is 0 Å². The first-order valence-electron chi connectivity index (χ1n) is 7.05. The molecule has 18 heavy (non-hydrogen) atoms. The van der Waals surface area contributed by atoms with E-state index in [1.165, 1.54) is 25.1 Å². The normalized spacial score (nSPS) is 25.1. The molecule has 1 saturated heterocycles. The van der Waals surface area contributed by atoms with Gasteiger partial charge in [0.15, 0.2) is 0 Å². The third kappa shape index (κ3) is 4.02. The van der Waals surface area contributed by atoms with Crippen molar-refractivity contribution in [2.75, 3.05) is 26.2 Å². The molecule has 1 heterocycles. The molecular weight excluding hydrogens is 222 g/mol. The van der Waals surface area contributed by atoms with Crippen molar-refractivity contribution in [2.45, 2.75) is 27.2 Å². The van der Waals surface area contributed by atoms with Crippen LogP contribution in [-0.2, 0) is 0 Å². The summed E-state index contributed by atoms with van der Waals surface area (Å²) in [4.78, 5) is 2.54. The molecule has 0 spiro atoms. The lowest BCUT2D eigenvalue weighted by Crippen LogP contribution is -2.40. The van der Waals surface area contributed by atoms with Crippen LogP contribution in [0.5, 0.6) is 5.75 Å². The highest BCUT2D eigenvalue weighted by Gasteiger charge is 2.21. The molecule has 1 aliphatic rings. The monoisotopic (exact) mass is 247 g/mol. The largest absolute Gasteiger partial charge is 0.492 e. The second-order valence-corrected chi connectivity index (χ2v) is 5.87. The summed E-state index contributed by atoms with van der Waals surface area (Å²) in [6.07, 6.45) is 1.37. The molecule has 0 saturated carbocycles. The highest BCUT2D eigenvalue weighted by molar-refractivity contribution is 5.27. The minimum absolute atomic E-state index is 0.795. The number of benzene rings is 1. The van der Waals surface area contributed by atoms with Crippen molar-refractivity contribution in [2.24, 2.45) is 11.8 Å². The standard InChI is InChI=1S/C16H25NO/c1-13-5-4-6-16(10-13)18-8-7-17-11-14(2)9-15(3)12-17/h4-6,10,14-15H,7-9,11-12H2,1-3H3/t14-,15+. The highest BCUT2D eigenvalue weighted by atomic mass is 16.5. The van der Waals surface area contributed by atoms with Crippen molar-refractivity contribution in [1.82, 2.24) is 4.90 Å². The van der Waals surface area contributed by atoms with E-state index in [9.17, 15) is 0 Å². The zero-order valence-corrected chi connectivity index (χ0v) is 11.9. The van der Waals surface area contributed by atoms with Crippen LogP contribution >= 0.6 is 0 Å². The van der Waals surface area contributed by atoms with Gasteiger partial charge in [-0.3, -0.25) is 4.90 Å². The molecule has 0 aliphatic carbocycles. The van der Waals surface area contributed by atoms with E-state index in [1.54, 1.807) is 0 Å². The van der Waals surface area contributed by atoms with E-state index in [0.717, 1.165) is 30.7 Å². The summed E-state index contributed by atoms with van der Waals surface area (Å²) in [5.41, 5.74) is 1.26. The molecule has 1 aromatic carbocycles. The first kappa shape index (κ1) is 13.4. The second-order valence-electron chi connectivity index (χ2n) is 5.87. The average molecular weight is 247 g/mol. The van der Waals surface area contributed by atoms with Crippen molar-refractivity contribution < 1.29 is 4.74 Å². The maximum Gasteiger partial charge on any atom is 0.119 e. The molecular formula is C16H25NO. The Morgan fingerprint density at radius 3 is 2.61 bits per heavy atom.